The van der Waals surface area contributed by atoms with E-state index in [-0.39, 0.29) is 23.3 Å². The van der Waals surface area contributed by atoms with Crippen LogP contribution in [0.5, 0.6) is 5.75 Å². The fraction of sp³-hybridized carbons (Fsp3) is 0.435. The maximum atomic E-state index is 14.5. The number of halogens is 1. The van der Waals surface area contributed by atoms with Gasteiger partial charge in [0, 0.05) is 24.1 Å². The molecule has 174 valence electrons. The summed E-state index contributed by atoms with van der Waals surface area (Å²) in [5.74, 6) is -1.34. The number of amides is 1. The molecule has 1 atom stereocenters. The van der Waals surface area contributed by atoms with E-state index >= 15 is 0 Å². The molecule has 0 spiro atoms. The highest BCUT2D eigenvalue weighted by Crippen LogP contribution is 2.39. The summed E-state index contributed by atoms with van der Waals surface area (Å²) in [6.45, 7) is 4.54. The summed E-state index contributed by atoms with van der Waals surface area (Å²) in [7, 11) is 0. The molecule has 1 aliphatic rings. The number of hydrogen-bond acceptors (Lipinski definition) is 6. The SMILES string of the molecule is CCCC1(CC)CCCn2c1nc(C(=O)NCc1cccc(F)c1-n1cncn1)c(O)c2=O. The van der Waals surface area contributed by atoms with E-state index in [0.717, 1.165) is 32.1 Å². The van der Waals surface area contributed by atoms with Gasteiger partial charge in [0.2, 0.25) is 5.75 Å². The van der Waals surface area contributed by atoms with Gasteiger partial charge in [-0.25, -0.2) is 19.0 Å². The van der Waals surface area contributed by atoms with Crippen LogP contribution in [-0.4, -0.2) is 35.3 Å². The lowest BCUT2D eigenvalue weighted by molar-refractivity contribution is 0.0940. The average Bonchev–Trinajstić information content (AvgIpc) is 3.34. The van der Waals surface area contributed by atoms with Crippen LogP contribution in [0.2, 0.25) is 0 Å². The summed E-state index contributed by atoms with van der Waals surface area (Å²) in [6, 6.07) is 4.47. The highest BCUT2D eigenvalue weighted by atomic mass is 19.1. The van der Waals surface area contributed by atoms with E-state index in [1.165, 1.54) is 34.0 Å². The van der Waals surface area contributed by atoms with Gasteiger partial charge in [-0.15, -0.1) is 0 Å². The van der Waals surface area contributed by atoms with Crippen molar-refractivity contribution in [1.29, 1.82) is 0 Å². The van der Waals surface area contributed by atoms with Crippen molar-refractivity contribution >= 4 is 5.91 Å². The van der Waals surface area contributed by atoms with Crippen LogP contribution in [0, 0.1) is 5.82 Å². The van der Waals surface area contributed by atoms with Crippen LogP contribution in [0.4, 0.5) is 4.39 Å². The molecule has 10 heteroatoms. The van der Waals surface area contributed by atoms with Crippen LogP contribution in [-0.2, 0) is 18.5 Å². The normalized spacial score (nSPS) is 17.5. The predicted molar refractivity (Wildman–Crippen MR) is 119 cm³/mol. The highest BCUT2D eigenvalue weighted by Gasteiger charge is 2.38. The summed E-state index contributed by atoms with van der Waals surface area (Å²) in [4.78, 5) is 34.3. The zero-order valence-corrected chi connectivity index (χ0v) is 18.7. The first-order chi connectivity index (χ1) is 15.9. The maximum absolute atomic E-state index is 14.5. The van der Waals surface area contributed by atoms with Crippen molar-refractivity contribution in [3.63, 3.8) is 0 Å². The molecule has 2 N–H and O–H groups in total. The summed E-state index contributed by atoms with van der Waals surface area (Å²) in [5, 5.41) is 17.1. The Morgan fingerprint density at radius 1 is 1.33 bits per heavy atom. The van der Waals surface area contributed by atoms with E-state index < -0.39 is 23.0 Å². The van der Waals surface area contributed by atoms with Gasteiger partial charge in [0.25, 0.3) is 11.5 Å². The largest absolute Gasteiger partial charge is 0.501 e. The number of nitrogens with one attached hydrogen (secondary N) is 1. The quantitative estimate of drug-likeness (QED) is 0.567. The zero-order valence-electron chi connectivity index (χ0n) is 18.7. The third kappa shape index (κ3) is 4.01. The van der Waals surface area contributed by atoms with E-state index in [0.29, 0.717) is 17.9 Å². The Kier molecular flexibility index (Phi) is 6.26. The first-order valence-electron chi connectivity index (χ1n) is 11.2. The monoisotopic (exact) mass is 454 g/mol. The third-order valence-corrected chi connectivity index (χ3v) is 6.43. The van der Waals surface area contributed by atoms with Crippen molar-refractivity contribution in [2.75, 3.05) is 0 Å². The van der Waals surface area contributed by atoms with Gasteiger partial charge in [-0.2, -0.15) is 5.10 Å². The molecular formula is C23H27FN6O3. The number of carbonyl (C=O) groups excluding carboxylic acids is 1. The lowest BCUT2D eigenvalue weighted by Gasteiger charge is -2.38. The molecule has 33 heavy (non-hydrogen) atoms. The Labute approximate surface area is 190 Å². The van der Waals surface area contributed by atoms with Gasteiger partial charge in [-0.1, -0.05) is 32.4 Å². The summed E-state index contributed by atoms with van der Waals surface area (Å²) >= 11 is 0. The van der Waals surface area contributed by atoms with Crippen molar-refractivity contribution in [2.24, 2.45) is 0 Å². The van der Waals surface area contributed by atoms with Gasteiger partial charge in [-0.3, -0.25) is 14.2 Å². The van der Waals surface area contributed by atoms with Crippen molar-refractivity contribution < 1.29 is 14.3 Å². The summed E-state index contributed by atoms with van der Waals surface area (Å²) < 4.78 is 17.2. The van der Waals surface area contributed by atoms with Crippen molar-refractivity contribution in [3.05, 3.63) is 64.1 Å². The average molecular weight is 455 g/mol. The molecule has 0 bridgehead atoms. The van der Waals surface area contributed by atoms with E-state index in [2.05, 4.69) is 34.2 Å². The fourth-order valence-electron chi connectivity index (χ4n) is 4.77. The van der Waals surface area contributed by atoms with Gasteiger partial charge < -0.3 is 10.4 Å². The van der Waals surface area contributed by atoms with Gasteiger partial charge >= 0.3 is 0 Å². The van der Waals surface area contributed by atoms with Crippen LogP contribution >= 0.6 is 0 Å². The van der Waals surface area contributed by atoms with Crippen molar-refractivity contribution in [1.82, 2.24) is 29.6 Å². The number of hydrogen-bond donors (Lipinski definition) is 2. The van der Waals surface area contributed by atoms with Gasteiger partial charge in [-0.05, 0) is 31.7 Å². The van der Waals surface area contributed by atoms with Crippen molar-refractivity contribution in [3.8, 4) is 11.4 Å². The molecule has 1 aromatic carbocycles. The summed E-state index contributed by atoms with van der Waals surface area (Å²) in [5.41, 5.74) is -0.603. The Morgan fingerprint density at radius 2 is 2.15 bits per heavy atom. The number of aromatic hydroxyl groups is 1. The number of nitrogens with zero attached hydrogens (tertiary/aromatic N) is 5. The third-order valence-electron chi connectivity index (χ3n) is 6.43. The topological polar surface area (TPSA) is 115 Å². The first kappa shape index (κ1) is 22.6. The number of rotatable bonds is 7. The summed E-state index contributed by atoms with van der Waals surface area (Å²) in [6.07, 6.45) is 6.87. The van der Waals surface area contributed by atoms with Gasteiger partial charge in [0.15, 0.2) is 5.69 Å². The molecular weight excluding hydrogens is 427 g/mol. The second-order valence-corrected chi connectivity index (χ2v) is 8.35. The van der Waals surface area contributed by atoms with Crippen LogP contribution in [0.25, 0.3) is 5.69 Å². The Morgan fingerprint density at radius 3 is 2.85 bits per heavy atom. The number of aromatic nitrogens is 5. The molecule has 1 aliphatic heterocycles. The smallest absolute Gasteiger partial charge is 0.296 e. The van der Waals surface area contributed by atoms with Crippen LogP contribution in [0.1, 0.15) is 67.8 Å². The molecule has 3 aromatic rings. The minimum Gasteiger partial charge on any atom is -0.501 e. The molecule has 0 saturated carbocycles. The standard InChI is InChI=1S/C23H27FN6O3/c1-3-9-23(4-2)10-6-11-29-21(33)19(31)17(28-22(23)29)20(32)26-12-15-7-5-8-16(24)18(15)30-14-25-13-27-30/h5,7-8,13-14,31H,3-4,6,9-12H2,1-2H3,(H,26,32). The maximum Gasteiger partial charge on any atom is 0.296 e. The minimum absolute atomic E-state index is 0.0563. The molecule has 1 amide bonds. The number of fused-ring (bicyclic) bond motifs is 1. The molecule has 2 aromatic heterocycles. The lowest BCUT2D eigenvalue weighted by Crippen LogP contribution is -2.42. The van der Waals surface area contributed by atoms with Crippen molar-refractivity contribution in [2.45, 2.75) is 64.5 Å². The van der Waals surface area contributed by atoms with E-state index in [1.54, 1.807) is 6.07 Å². The van der Waals surface area contributed by atoms with Gasteiger partial charge in [0.1, 0.15) is 30.0 Å². The Hall–Kier alpha value is -3.56. The van der Waals surface area contributed by atoms with E-state index in [1.807, 2.05) is 0 Å². The number of carbonyl (C=O) groups is 1. The Bertz CT molecular complexity index is 1220. The van der Waals surface area contributed by atoms with Crippen LogP contribution in [0.15, 0.2) is 35.6 Å². The second kappa shape index (κ2) is 9.13. The Balaban J connectivity index is 1.67. The van der Waals surface area contributed by atoms with E-state index in [4.69, 9.17) is 0 Å². The molecule has 0 radical (unpaired) electrons. The molecule has 1 unspecified atom stereocenters. The van der Waals surface area contributed by atoms with Crippen LogP contribution < -0.4 is 10.9 Å². The minimum atomic E-state index is -0.700. The molecule has 4 rings (SSSR count). The fourth-order valence-corrected chi connectivity index (χ4v) is 4.77. The molecule has 9 nitrogen and oxygen atoms in total. The first-order valence-corrected chi connectivity index (χ1v) is 11.2. The number of para-hydroxylation sites is 1. The molecule has 0 aliphatic carbocycles. The van der Waals surface area contributed by atoms with Crippen LogP contribution in [0.3, 0.4) is 0 Å². The molecule has 0 saturated heterocycles. The number of benzene rings is 1. The molecule has 0 fully saturated rings. The highest BCUT2D eigenvalue weighted by molar-refractivity contribution is 5.94. The van der Waals surface area contributed by atoms with E-state index in [9.17, 15) is 19.1 Å². The molecule has 3 heterocycles. The zero-order chi connectivity index (χ0) is 23.6. The predicted octanol–water partition coefficient (Wildman–Crippen LogP) is 2.84. The second-order valence-electron chi connectivity index (χ2n) is 8.35. The van der Waals surface area contributed by atoms with Gasteiger partial charge in [0.05, 0.1) is 0 Å². The lowest BCUT2D eigenvalue weighted by atomic mass is 9.74.